The van der Waals surface area contributed by atoms with Gasteiger partial charge in [-0.15, -0.1) is 0 Å². The Balaban J connectivity index is 1.36. The fourth-order valence-corrected chi connectivity index (χ4v) is 5.10. The number of likely N-dealkylation sites (tertiary alicyclic amines) is 1. The number of nitrogens with one attached hydrogen (secondary N) is 2. The minimum absolute atomic E-state index is 0.0191. The molecular formula is C28H32FN5O2. The number of hydrogen-bond acceptors (Lipinski definition) is 7. The molecule has 7 nitrogen and oxygen atoms in total. The number of carbonyl (C=O) groups is 1. The maximum absolute atomic E-state index is 14.5. The van der Waals surface area contributed by atoms with Crippen molar-refractivity contribution < 1.29 is 14.3 Å². The number of rotatable bonds is 5. The molecule has 0 aliphatic carbocycles. The lowest BCUT2D eigenvalue weighted by Gasteiger charge is -2.35. The van der Waals surface area contributed by atoms with Gasteiger partial charge in [0.15, 0.2) is 5.78 Å². The van der Waals surface area contributed by atoms with E-state index in [1.165, 1.54) is 17.7 Å². The summed E-state index contributed by atoms with van der Waals surface area (Å²) in [5.41, 5.74) is 4.31. The predicted molar refractivity (Wildman–Crippen MR) is 140 cm³/mol. The molecule has 0 spiro atoms. The molecule has 3 heterocycles. The van der Waals surface area contributed by atoms with Crippen LogP contribution in [0, 0.1) is 12.7 Å². The van der Waals surface area contributed by atoms with Crippen LogP contribution in [0.25, 0.3) is 0 Å². The van der Waals surface area contributed by atoms with Gasteiger partial charge in [-0.25, -0.2) is 9.37 Å². The number of aryl methyl sites for hydroxylation is 1. The number of carbonyl (C=O) groups excluding carboxylic acids is 1. The maximum Gasteiger partial charge on any atom is 0.173 e. The third-order valence-electron chi connectivity index (χ3n) is 7.25. The Bertz CT molecular complexity index is 1300. The predicted octanol–water partition coefficient (Wildman–Crippen LogP) is 4.99. The zero-order chi connectivity index (χ0) is 25.4. The largest absolute Gasteiger partial charge is 0.508 e. The van der Waals surface area contributed by atoms with Gasteiger partial charge in [-0.2, -0.15) is 0 Å². The van der Waals surface area contributed by atoms with E-state index in [4.69, 9.17) is 0 Å². The molecule has 3 aromatic rings. The summed E-state index contributed by atoms with van der Waals surface area (Å²) in [5, 5.41) is 16.3. The first-order valence-electron chi connectivity index (χ1n) is 12.3. The highest BCUT2D eigenvalue weighted by Crippen LogP contribution is 2.36. The summed E-state index contributed by atoms with van der Waals surface area (Å²) in [7, 11) is 4.29. The molecule has 2 aromatic carbocycles. The van der Waals surface area contributed by atoms with Gasteiger partial charge in [0.2, 0.25) is 0 Å². The Morgan fingerprint density at radius 1 is 1.17 bits per heavy atom. The second-order valence-electron chi connectivity index (χ2n) is 10.0. The van der Waals surface area contributed by atoms with Gasteiger partial charge in [0.05, 0.1) is 16.9 Å². The molecule has 1 fully saturated rings. The third-order valence-corrected chi connectivity index (χ3v) is 7.25. The quantitative estimate of drug-likeness (QED) is 0.466. The minimum Gasteiger partial charge on any atom is -0.508 e. The van der Waals surface area contributed by atoms with Gasteiger partial charge in [-0.3, -0.25) is 9.69 Å². The Kier molecular flexibility index (Phi) is 6.64. The van der Waals surface area contributed by atoms with Gasteiger partial charge in [-0.1, -0.05) is 12.1 Å². The molecule has 2 aliphatic heterocycles. The standard InChI is InChI=1S/C28H32FN5O2/c1-17-12-21(29)24(15-25(17)35)31-23-6-9-30-28-27(23)26(36)14-19-13-18(4-5-22(19)32-28)16-34-10-7-20(8-11-34)33(2)3/h4-6,9,12-13,15,20,35H,7-8,10-11,14,16H2,1-3H3,(H2,30,31,32). The summed E-state index contributed by atoms with van der Waals surface area (Å²) in [6.07, 6.45) is 4.11. The third kappa shape index (κ3) is 4.92. The first kappa shape index (κ1) is 24.2. The van der Waals surface area contributed by atoms with Crippen LogP contribution in [0.4, 0.5) is 27.3 Å². The van der Waals surface area contributed by atoms with Gasteiger partial charge in [-0.05, 0) is 81.8 Å². The van der Waals surface area contributed by atoms with Gasteiger partial charge < -0.3 is 20.6 Å². The molecule has 0 radical (unpaired) electrons. The number of Topliss-reactive ketones (excluding diaryl/α,β-unsaturated/α-hetero) is 1. The van der Waals surface area contributed by atoms with Crippen molar-refractivity contribution in [2.24, 2.45) is 0 Å². The lowest BCUT2D eigenvalue weighted by molar-refractivity contribution is 0.0995. The zero-order valence-electron chi connectivity index (χ0n) is 20.9. The van der Waals surface area contributed by atoms with E-state index < -0.39 is 5.82 Å². The van der Waals surface area contributed by atoms with E-state index >= 15 is 0 Å². The molecule has 1 saturated heterocycles. The van der Waals surface area contributed by atoms with Crippen LogP contribution in [-0.2, 0) is 13.0 Å². The Morgan fingerprint density at radius 2 is 1.94 bits per heavy atom. The molecule has 0 bridgehead atoms. The van der Waals surface area contributed by atoms with Crippen molar-refractivity contribution in [1.29, 1.82) is 0 Å². The number of piperidine rings is 1. The van der Waals surface area contributed by atoms with E-state index in [2.05, 4.69) is 51.6 Å². The molecular weight excluding hydrogens is 457 g/mol. The van der Waals surface area contributed by atoms with Crippen LogP contribution in [0.5, 0.6) is 5.75 Å². The number of aromatic nitrogens is 1. The number of fused-ring (bicyclic) bond motifs is 2. The first-order chi connectivity index (χ1) is 17.3. The summed E-state index contributed by atoms with van der Waals surface area (Å²) in [5.74, 6) is -0.201. The molecule has 2 aliphatic rings. The van der Waals surface area contributed by atoms with Crippen molar-refractivity contribution in [3.8, 4) is 5.75 Å². The Hall–Kier alpha value is -3.49. The number of pyridine rings is 1. The Morgan fingerprint density at radius 3 is 2.69 bits per heavy atom. The van der Waals surface area contributed by atoms with Crippen LogP contribution < -0.4 is 10.6 Å². The van der Waals surface area contributed by atoms with Crippen LogP contribution >= 0.6 is 0 Å². The average molecular weight is 490 g/mol. The summed E-state index contributed by atoms with van der Waals surface area (Å²) < 4.78 is 14.5. The van der Waals surface area contributed by atoms with Crippen LogP contribution in [0.3, 0.4) is 0 Å². The number of phenolic OH excluding ortho intramolecular Hbond substituents is 1. The van der Waals surface area contributed by atoms with E-state index in [-0.39, 0.29) is 23.6 Å². The van der Waals surface area contributed by atoms with E-state index in [1.54, 1.807) is 19.2 Å². The van der Waals surface area contributed by atoms with Crippen molar-refractivity contribution in [3.63, 3.8) is 0 Å². The monoisotopic (exact) mass is 489 g/mol. The summed E-state index contributed by atoms with van der Waals surface area (Å²) in [6.45, 7) is 4.61. The number of ketones is 1. The molecule has 188 valence electrons. The highest BCUT2D eigenvalue weighted by molar-refractivity contribution is 6.09. The van der Waals surface area contributed by atoms with Crippen molar-refractivity contribution in [1.82, 2.24) is 14.8 Å². The van der Waals surface area contributed by atoms with E-state index in [0.29, 0.717) is 28.7 Å². The number of phenols is 1. The molecule has 0 amide bonds. The minimum atomic E-state index is -0.507. The van der Waals surface area contributed by atoms with Gasteiger partial charge in [0, 0.05) is 37.0 Å². The van der Waals surface area contributed by atoms with E-state index in [9.17, 15) is 14.3 Å². The number of anilines is 4. The topological polar surface area (TPSA) is 80.7 Å². The molecule has 0 saturated carbocycles. The highest BCUT2D eigenvalue weighted by atomic mass is 19.1. The van der Waals surface area contributed by atoms with Crippen LogP contribution in [0.2, 0.25) is 0 Å². The molecule has 8 heteroatoms. The SMILES string of the molecule is Cc1cc(F)c(Nc2ccnc3c2C(=O)Cc2cc(CN4CCC(N(C)C)CC4)ccc2N3)cc1O. The molecule has 0 atom stereocenters. The van der Waals surface area contributed by atoms with E-state index in [0.717, 1.165) is 43.7 Å². The smallest absolute Gasteiger partial charge is 0.173 e. The fraction of sp³-hybridized carbons (Fsp3) is 0.357. The number of halogens is 1. The molecule has 36 heavy (non-hydrogen) atoms. The van der Waals surface area contributed by atoms with Gasteiger partial charge in [0.1, 0.15) is 17.4 Å². The normalized spacial score (nSPS) is 16.3. The number of aromatic hydroxyl groups is 1. The zero-order valence-corrected chi connectivity index (χ0v) is 20.9. The molecule has 5 rings (SSSR count). The summed E-state index contributed by atoms with van der Waals surface area (Å²) >= 11 is 0. The fourth-order valence-electron chi connectivity index (χ4n) is 5.10. The Labute approximate surface area is 211 Å². The van der Waals surface area contributed by atoms with Crippen molar-refractivity contribution in [2.75, 3.05) is 37.8 Å². The average Bonchev–Trinajstić information content (AvgIpc) is 2.98. The van der Waals surface area contributed by atoms with Crippen molar-refractivity contribution in [3.05, 3.63) is 70.7 Å². The lowest BCUT2D eigenvalue weighted by Crippen LogP contribution is -2.41. The van der Waals surface area contributed by atoms with Crippen LogP contribution in [0.1, 0.15) is 39.9 Å². The van der Waals surface area contributed by atoms with E-state index in [1.807, 2.05) is 6.07 Å². The van der Waals surface area contributed by atoms with Gasteiger partial charge in [0.25, 0.3) is 0 Å². The molecule has 1 aromatic heterocycles. The number of nitrogens with zero attached hydrogens (tertiary/aromatic N) is 3. The van der Waals surface area contributed by atoms with Crippen LogP contribution in [0.15, 0.2) is 42.6 Å². The number of hydrogen-bond donors (Lipinski definition) is 3. The number of benzene rings is 2. The molecule has 3 N–H and O–H groups in total. The maximum atomic E-state index is 14.5. The first-order valence-corrected chi connectivity index (χ1v) is 12.3. The summed E-state index contributed by atoms with van der Waals surface area (Å²) in [4.78, 5) is 22.6. The lowest BCUT2D eigenvalue weighted by atomic mass is 10.00. The molecule has 0 unspecified atom stereocenters. The second kappa shape index (κ2) is 9.87. The second-order valence-corrected chi connectivity index (χ2v) is 10.0. The van der Waals surface area contributed by atoms with Crippen molar-refractivity contribution >= 4 is 28.7 Å². The van der Waals surface area contributed by atoms with Gasteiger partial charge >= 0.3 is 0 Å². The van der Waals surface area contributed by atoms with Crippen LogP contribution in [-0.4, -0.2) is 58.9 Å². The summed E-state index contributed by atoms with van der Waals surface area (Å²) in [6, 6.07) is 11.1. The highest BCUT2D eigenvalue weighted by Gasteiger charge is 2.25. The van der Waals surface area contributed by atoms with Crippen molar-refractivity contribution in [2.45, 2.75) is 38.8 Å².